The molecule has 0 unspecified atom stereocenters. The Hall–Kier alpha value is -1.07. The van der Waals surface area contributed by atoms with E-state index in [1.165, 1.54) is 13.3 Å². The molecule has 1 heterocycles. The van der Waals surface area contributed by atoms with Gasteiger partial charge in [-0.3, -0.25) is 4.79 Å². The molecular weight excluding hydrogens is 289 g/mol. The van der Waals surface area contributed by atoms with Gasteiger partial charge in [-0.15, -0.1) is 0 Å². The molecule has 2 rings (SSSR count). The first-order chi connectivity index (χ1) is 9.10. The molecule has 0 radical (unpaired) electrons. The van der Waals surface area contributed by atoms with Gasteiger partial charge in [0.1, 0.15) is 10.8 Å². The van der Waals surface area contributed by atoms with Crippen molar-refractivity contribution in [2.24, 2.45) is 5.92 Å². The third kappa shape index (κ3) is 3.70. The summed E-state index contributed by atoms with van der Waals surface area (Å²) in [5, 5.41) is 3.85. The second-order valence-electron chi connectivity index (χ2n) is 4.55. The van der Waals surface area contributed by atoms with Crippen LogP contribution in [0.25, 0.3) is 0 Å². The van der Waals surface area contributed by atoms with Crippen molar-refractivity contribution < 1.29 is 9.53 Å². The Bertz CT molecular complexity index is 462. The highest BCUT2D eigenvalue weighted by Crippen LogP contribution is 2.29. The predicted molar refractivity (Wildman–Crippen MR) is 73.4 cm³/mol. The van der Waals surface area contributed by atoms with Gasteiger partial charge in [-0.25, -0.2) is 4.98 Å². The fraction of sp³-hybridized carbons (Fsp3) is 0.583. The number of hydrogen-bond acceptors (Lipinski definition) is 5. The minimum atomic E-state index is -0.124. The Morgan fingerprint density at radius 2 is 2.05 bits per heavy atom. The number of nitrogens with one attached hydrogen (secondary N) is 1. The zero-order chi connectivity index (χ0) is 13.8. The minimum Gasteiger partial charge on any atom is -0.469 e. The molecular formula is C12H15Cl2N3O2. The number of anilines is 1. The lowest BCUT2D eigenvalue weighted by Crippen LogP contribution is -2.30. The number of aromatic nitrogens is 2. The molecule has 0 bridgehead atoms. The van der Waals surface area contributed by atoms with E-state index in [1.54, 1.807) is 0 Å². The molecule has 0 amide bonds. The van der Waals surface area contributed by atoms with Crippen LogP contribution < -0.4 is 5.32 Å². The molecule has 19 heavy (non-hydrogen) atoms. The largest absolute Gasteiger partial charge is 0.469 e. The van der Waals surface area contributed by atoms with Crippen molar-refractivity contribution in [3.05, 3.63) is 16.5 Å². The Morgan fingerprint density at radius 3 is 2.68 bits per heavy atom. The lowest BCUT2D eigenvalue weighted by molar-refractivity contribution is -0.146. The van der Waals surface area contributed by atoms with Gasteiger partial charge in [-0.1, -0.05) is 11.6 Å². The topological polar surface area (TPSA) is 64.1 Å². The summed E-state index contributed by atoms with van der Waals surface area (Å²) in [5.74, 6) is 0.428. The number of halogens is 2. The summed E-state index contributed by atoms with van der Waals surface area (Å²) in [6, 6.07) is 0.240. The zero-order valence-corrected chi connectivity index (χ0v) is 12.0. The van der Waals surface area contributed by atoms with Crippen molar-refractivity contribution in [2.75, 3.05) is 12.4 Å². The molecule has 0 atom stereocenters. The maximum Gasteiger partial charge on any atom is 0.308 e. The number of rotatable bonds is 3. The fourth-order valence-electron chi connectivity index (χ4n) is 2.28. The van der Waals surface area contributed by atoms with Crippen LogP contribution in [0.15, 0.2) is 6.20 Å². The van der Waals surface area contributed by atoms with Gasteiger partial charge < -0.3 is 10.1 Å². The summed E-state index contributed by atoms with van der Waals surface area (Å²) in [6.07, 6.45) is 4.83. The molecule has 1 saturated carbocycles. The summed E-state index contributed by atoms with van der Waals surface area (Å²) < 4.78 is 4.76. The van der Waals surface area contributed by atoms with E-state index in [0.717, 1.165) is 25.7 Å². The molecule has 1 aliphatic rings. The van der Waals surface area contributed by atoms with Crippen molar-refractivity contribution >= 4 is 35.0 Å². The van der Waals surface area contributed by atoms with Crippen LogP contribution in [-0.4, -0.2) is 29.1 Å². The molecule has 0 aromatic carbocycles. The van der Waals surface area contributed by atoms with Crippen LogP contribution in [-0.2, 0) is 9.53 Å². The number of esters is 1. The van der Waals surface area contributed by atoms with Crippen molar-refractivity contribution in [1.82, 2.24) is 9.97 Å². The van der Waals surface area contributed by atoms with Crippen LogP contribution in [0, 0.1) is 5.92 Å². The number of methoxy groups -OCH3 is 1. The van der Waals surface area contributed by atoms with E-state index in [-0.39, 0.29) is 23.2 Å². The number of ether oxygens (including phenoxy) is 1. The molecule has 104 valence electrons. The average molecular weight is 304 g/mol. The Kier molecular flexibility index (Phi) is 4.82. The summed E-state index contributed by atoms with van der Waals surface area (Å²) in [7, 11) is 1.43. The number of carbonyl (C=O) groups excluding carboxylic acids is 1. The first-order valence-electron chi connectivity index (χ1n) is 6.12. The summed E-state index contributed by atoms with van der Waals surface area (Å²) in [4.78, 5) is 19.3. The zero-order valence-electron chi connectivity index (χ0n) is 10.5. The highest BCUT2D eigenvalue weighted by molar-refractivity contribution is 6.33. The molecule has 0 saturated heterocycles. The molecule has 5 nitrogen and oxygen atoms in total. The molecule has 0 aliphatic heterocycles. The van der Waals surface area contributed by atoms with E-state index in [4.69, 9.17) is 27.9 Å². The van der Waals surface area contributed by atoms with Crippen LogP contribution in [0.2, 0.25) is 10.3 Å². The van der Waals surface area contributed by atoms with Gasteiger partial charge in [0.15, 0.2) is 0 Å². The fourth-order valence-corrected chi connectivity index (χ4v) is 2.56. The maximum atomic E-state index is 11.4. The van der Waals surface area contributed by atoms with Crippen LogP contribution in [0.3, 0.4) is 0 Å². The SMILES string of the molecule is COC(=O)C1CCC(Nc2nc(Cl)ncc2Cl)CC1. The first kappa shape index (κ1) is 14.3. The van der Waals surface area contributed by atoms with Gasteiger partial charge in [0.2, 0.25) is 5.28 Å². The van der Waals surface area contributed by atoms with Gasteiger partial charge in [-0.2, -0.15) is 4.98 Å². The van der Waals surface area contributed by atoms with Crippen molar-refractivity contribution in [3.63, 3.8) is 0 Å². The molecule has 1 aromatic heterocycles. The van der Waals surface area contributed by atoms with Gasteiger partial charge >= 0.3 is 5.97 Å². The van der Waals surface area contributed by atoms with Gasteiger partial charge in [0.25, 0.3) is 0 Å². The quantitative estimate of drug-likeness (QED) is 0.687. The normalized spacial score (nSPS) is 22.9. The monoisotopic (exact) mass is 303 g/mol. The molecule has 1 fully saturated rings. The summed E-state index contributed by atoms with van der Waals surface area (Å²) >= 11 is 11.7. The summed E-state index contributed by atoms with van der Waals surface area (Å²) in [5.41, 5.74) is 0. The van der Waals surface area contributed by atoms with Gasteiger partial charge in [0.05, 0.1) is 19.2 Å². The molecule has 0 spiro atoms. The second-order valence-corrected chi connectivity index (χ2v) is 5.30. The Morgan fingerprint density at radius 1 is 1.37 bits per heavy atom. The van der Waals surface area contributed by atoms with E-state index in [2.05, 4.69) is 15.3 Å². The summed E-state index contributed by atoms with van der Waals surface area (Å²) in [6.45, 7) is 0. The van der Waals surface area contributed by atoms with E-state index >= 15 is 0 Å². The Labute approximate surface area is 121 Å². The van der Waals surface area contributed by atoms with Gasteiger partial charge in [0, 0.05) is 6.04 Å². The molecule has 1 N–H and O–H groups in total. The van der Waals surface area contributed by atoms with E-state index in [9.17, 15) is 4.79 Å². The lowest BCUT2D eigenvalue weighted by Gasteiger charge is -2.28. The predicted octanol–water partition coefficient (Wildman–Crippen LogP) is 2.93. The van der Waals surface area contributed by atoms with E-state index in [1.807, 2.05) is 0 Å². The van der Waals surface area contributed by atoms with Crippen LogP contribution in [0.5, 0.6) is 0 Å². The minimum absolute atomic E-state index is 0.00695. The molecule has 1 aliphatic carbocycles. The first-order valence-corrected chi connectivity index (χ1v) is 6.88. The number of carbonyl (C=O) groups is 1. The molecule has 1 aromatic rings. The van der Waals surface area contributed by atoms with Crippen molar-refractivity contribution in [2.45, 2.75) is 31.7 Å². The van der Waals surface area contributed by atoms with Crippen LogP contribution in [0.1, 0.15) is 25.7 Å². The average Bonchev–Trinajstić information content (AvgIpc) is 2.43. The Balaban J connectivity index is 1.92. The number of nitrogens with zero attached hydrogens (tertiary/aromatic N) is 2. The van der Waals surface area contributed by atoms with Crippen molar-refractivity contribution in [1.29, 1.82) is 0 Å². The highest BCUT2D eigenvalue weighted by Gasteiger charge is 2.27. The second kappa shape index (κ2) is 6.39. The molecule has 7 heteroatoms. The highest BCUT2D eigenvalue weighted by atomic mass is 35.5. The van der Waals surface area contributed by atoms with Crippen LogP contribution >= 0.6 is 23.2 Å². The van der Waals surface area contributed by atoms with E-state index in [0.29, 0.717) is 10.8 Å². The van der Waals surface area contributed by atoms with Gasteiger partial charge in [-0.05, 0) is 37.3 Å². The maximum absolute atomic E-state index is 11.4. The standard InChI is InChI=1S/C12H15Cl2N3O2/c1-19-11(18)7-2-4-8(5-3-7)16-10-9(13)6-15-12(14)17-10/h6-8H,2-5H2,1H3,(H,15,16,17). The lowest BCUT2D eigenvalue weighted by atomic mass is 9.86. The van der Waals surface area contributed by atoms with Crippen LogP contribution in [0.4, 0.5) is 5.82 Å². The van der Waals surface area contributed by atoms with E-state index < -0.39 is 0 Å². The number of hydrogen-bond donors (Lipinski definition) is 1. The third-order valence-corrected chi connectivity index (χ3v) is 3.78. The van der Waals surface area contributed by atoms with Crippen molar-refractivity contribution in [3.8, 4) is 0 Å². The smallest absolute Gasteiger partial charge is 0.308 e. The third-order valence-electron chi connectivity index (χ3n) is 3.32.